The number of benzene rings is 1. The molecular weight excluding hydrogens is 418 g/mol. The number of halogens is 2. The number of aliphatic hydroxyl groups excluding tert-OH is 1. The minimum absolute atomic E-state index is 0.0323. The molecular formula is C23H30F2N4O3. The summed E-state index contributed by atoms with van der Waals surface area (Å²) >= 11 is 0. The van der Waals surface area contributed by atoms with E-state index in [-0.39, 0.29) is 23.6 Å². The maximum Gasteiger partial charge on any atom is 0.387 e. The summed E-state index contributed by atoms with van der Waals surface area (Å²) in [6, 6.07) is 7.90. The molecule has 32 heavy (non-hydrogen) atoms. The first-order valence-electron chi connectivity index (χ1n) is 10.5. The van der Waals surface area contributed by atoms with E-state index in [2.05, 4.69) is 20.4 Å². The van der Waals surface area contributed by atoms with Gasteiger partial charge in [0.05, 0.1) is 17.5 Å². The standard InChI is InChI=1S/C17H17F2N3O2.C6H13NO/c1-10(2)22-14-6-11(9-23)8-21-16(14)15(20)12-4-3-5-13(7-12)24-17(18)19;1-7-5-3-2-4-6(5)8/h3-10,17,20,22H,1-2H3;5-8H,2-4H2,1H3. The van der Waals surface area contributed by atoms with Crippen LogP contribution in [0.1, 0.15) is 54.7 Å². The summed E-state index contributed by atoms with van der Waals surface area (Å²) in [5.74, 6) is -0.0323. The fourth-order valence-electron chi connectivity index (χ4n) is 3.41. The molecule has 7 nitrogen and oxygen atoms in total. The number of aldehydes is 1. The first-order chi connectivity index (χ1) is 15.2. The van der Waals surface area contributed by atoms with E-state index in [1.807, 2.05) is 20.9 Å². The number of carbonyl (C=O) groups is 1. The highest BCUT2D eigenvalue weighted by Crippen LogP contribution is 2.22. The van der Waals surface area contributed by atoms with Gasteiger partial charge in [-0.2, -0.15) is 8.78 Å². The molecule has 1 saturated carbocycles. The third kappa shape index (κ3) is 7.35. The van der Waals surface area contributed by atoms with Crippen LogP contribution in [0.15, 0.2) is 36.5 Å². The van der Waals surface area contributed by atoms with Gasteiger partial charge in [-0.05, 0) is 58.4 Å². The number of anilines is 1. The van der Waals surface area contributed by atoms with Crippen LogP contribution in [0.25, 0.3) is 0 Å². The summed E-state index contributed by atoms with van der Waals surface area (Å²) in [4.78, 5) is 15.1. The summed E-state index contributed by atoms with van der Waals surface area (Å²) < 4.78 is 29.0. The Morgan fingerprint density at radius 3 is 2.59 bits per heavy atom. The predicted octanol–water partition coefficient (Wildman–Crippen LogP) is 3.85. The summed E-state index contributed by atoms with van der Waals surface area (Å²) in [6.07, 6.45) is 5.24. The van der Waals surface area contributed by atoms with Gasteiger partial charge in [0.2, 0.25) is 0 Å². The molecule has 0 saturated heterocycles. The SMILES string of the molecule is CC(C)Nc1cc(C=O)cnc1C(=N)c1cccc(OC(F)F)c1.CNC1CCCC1O. The zero-order valence-electron chi connectivity index (χ0n) is 18.4. The number of nitrogens with zero attached hydrogens (tertiary/aromatic N) is 1. The molecule has 1 fully saturated rings. The van der Waals surface area contributed by atoms with Crippen LogP contribution in [-0.2, 0) is 0 Å². The molecule has 1 aromatic carbocycles. The monoisotopic (exact) mass is 448 g/mol. The predicted molar refractivity (Wildman–Crippen MR) is 120 cm³/mol. The van der Waals surface area contributed by atoms with Gasteiger partial charge >= 0.3 is 6.61 Å². The lowest BCUT2D eigenvalue weighted by Crippen LogP contribution is -2.32. The van der Waals surface area contributed by atoms with Crippen LogP contribution < -0.4 is 15.4 Å². The van der Waals surface area contributed by atoms with Gasteiger partial charge in [0, 0.05) is 29.4 Å². The third-order valence-electron chi connectivity index (χ3n) is 4.92. The number of carbonyl (C=O) groups excluding carboxylic acids is 1. The van der Waals surface area contributed by atoms with Crippen LogP contribution >= 0.6 is 0 Å². The van der Waals surface area contributed by atoms with E-state index in [0.717, 1.165) is 12.8 Å². The molecule has 9 heteroatoms. The number of ether oxygens (including phenoxy) is 1. The van der Waals surface area contributed by atoms with Crippen molar-refractivity contribution in [3.63, 3.8) is 0 Å². The van der Waals surface area contributed by atoms with Gasteiger partial charge in [-0.15, -0.1) is 0 Å². The molecule has 0 aliphatic heterocycles. The average molecular weight is 449 g/mol. The van der Waals surface area contributed by atoms with Crippen LogP contribution in [0.4, 0.5) is 14.5 Å². The van der Waals surface area contributed by atoms with Gasteiger partial charge in [-0.1, -0.05) is 12.1 Å². The van der Waals surface area contributed by atoms with E-state index >= 15 is 0 Å². The van der Waals surface area contributed by atoms with Gasteiger partial charge < -0.3 is 20.5 Å². The Kier molecular flexibility index (Phi) is 9.67. The topological polar surface area (TPSA) is 107 Å². The molecule has 0 bridgehead atoms. The van der Waals surface area contributed by atoms with Crippen molar-refractivity contribution >= 4 is 17.7 Å². The molecule has 1 aromatic heterocycles. The Balaban J connectivity index is 0.000000380. The van der Waals surface area contributed by atoms with Gasteiger partial charge in [-0.25, -0.2) is 0 Å². The number of alkyl halides is 2. The Morgan fingerprint density at radius 1 is 1.31 bits per heavy atom. The van der Waals surface area contributed by atoms with Crippen molar-refractivity contribution in [2.45, 2.75) is 57.9 Å². The van der Waals surface area contributed by atoms with Crippen LogP contribution in [0.2, 0.25) is 0 Å². The van der Waals surface area contributed by atoms with E-state index in [9.17, 15) is 13.6 Å². The van der Waals surface area contributed by atoms with E-state index < -0.39 is 6.61 Å². The maximum absolute atomic E-state index is 12.3. The minimum atomic E-state index is -2.93. The van der Waals surface area contributed by atoms with Gasteiger partial charge in [0.1, 0.15) is 11.4 Å². The van der Waals surface area contributed by atoms with Crippen LogP contribution in [-0.4, -0.2) is 53.9 Å². The molecule has 2 unspecified atom stereocenters. The van der Waals surface area contributed by atoms with Crippen molar-refractivity contribution in [3.8, 4) is 5.75 Å². The van der Waals surface area contributed by atoms with Gasteiger partial charge in [0.15, 0.2) is 6.29 Å². The van der Waals surface area contributed by atoms with Gasteiger partial charge in [-0.3, -0.25) is 15.2 Å². The highest BCUT2D eigenvalue weighted by atomic mass is 19.3. The van der Waals surface area contributed by atoms with Crippen molar-refractivity contribution in [1.29, 1.82) is 5.41 Å². The minimum Gasteiger partial charge on any atom is -0.435 e. The number of hydrogen-bond acceptors (Lipinski definition) is 7. The van der Waals surface area contributed by atoms with Crippen molar-refractivity contribution in [1.82, 2.24) is 10.3 Å². The number of aliphatic hydroxyl groups is 1. The third-order valence-corrected chi connectivity index (χ3v) is 4.92. The lowest BCUT2D eigenvalue weighted by atomic mass is 10.0. The number of rotatable bonds is 8. The molecule has 0 radical (unpaired) electrons. The second-order valence-corrected chi connectivity index (χ2v) is 7.76. The highest BCUT2D eigenvalue weighted by molar-refractivity contribution is 6.13. The lowest BCUT2D eigenvalue weighted by Gasteiger charge is -2.15. The number of aromatic nitrogens is 1. The maximum atomic E-state index is 12.3. The Bertz CT molecular complexity index is 909. The van der Waals surface area contributed by atoms with E-state index in [1.54, 1.807) is 12.1 Å². The fraction of sp³-hybridized carbons (Fsp3) is 0.435. The molecule has 4 N–H and O–H groups in total. The quantitative estimate of drug-likeness (QED) is 0.361. The zero-order chi connectivity index (χ0) is 23.7. The molecule has 1 heterocycles. The molecule has 0 spiro atoms. The zero-order valence-corrected chi connectivity index (χ0v) is 18.4. The van der Waals surface area contributed by atoms with Crippen molar-refractivity contribution in [3.05, 3.63) is 53.3 Å². The first kappa shape index (κ1) is 25.4. The molecule has 2 atom stereocenters. The average Bonchev–Trinajstić information content (AvgIpc) is 3.18. The number of likely N-dealkylation sites (N-methyl/N-ethyl adjacent to an activating group) is 1. The first-order valence-corrected chi connectivity index (χ1v) is 10.5. The van der Waals surface area contributed by atoms with Crippen LogP contribution in [0.5, 0.6) is 5.75 Å². The number of hydrogen-bond donors (Lipinski definition) is 4. The normalized spacial score (nSPS) is 17.6. The summed E-state index contributed by atoms with van der Waals surface area (Å²) in [5.41, 5.74) is 1.65. The van der Waals surface area contributed by atoms with Crippen molar-refractivity contribution in [2.75, 3.05) is 12.4 Å². The van der Waals surface area contributed by atoms with E-state index in [4.69, 9.17) is 10.5 Å². The van der Waals surface area contributed by atoms with Crippen LogP contribution in [0, 0.1) is 5.41 Å². The van der Waals surface area contributed by atoms with E-state index in [0.29, 0.717) is 34.8 Å². The van der Waals surface area contributed by atoms with Gasteiger partial charge in [0.25, 0.3) is 0 Å². The van der Waals surface area contributed by atoms with Crippen molar-refractivity contribution in [2.24, 2.45) is 0 Å². The number of pyridine rings is 1. The summed E-state index contributed by atoms with van der Waals surface area (Å²) in [5, 5.41) is 23.7. The number of nitrogens with one attached hydrogen (secondary N) is 3. The molecule has 174 valence electrons. The Labute approximate surface area is 186 Å². The Hall–Kier alpha value is -2.91. The largest absolute Gasteiger partial charge is 0.435 e. The second kappa shape index (κ2) is 12.2. The molecule has 2 aromatic rings. The van der Waals surface area contributed by atoms with E-state index in [1.165, 1.54) is 30.8 Å². The molecule has 3 rings (SSSR count). The molecule has 0 amide bonds. The van der Waals surface area contributed by atoms with Crippen molar-refractivity contribution < 1.29 is 23.4 Å². The van der Waals surface area contributed by atoms with Crippen LogP contribution in [0.3, 0.4) is 0 Å². The fourth-order valence-corrected chi connectivity index (χ4v) is 3.41. The molecule has 1 aliphatic carbocycles. The Morgan fingerprint density at radius 2 is 2.06 bits per heavy atom. The summed E-state index contributed by atoms with van der Waals surface area (Å²) in [6.45, 7) is 0.897. The molecule has 1 aliphatic rings. The summed E-state index contributed by atoms with van der Waals surface area (Å²) in [7, 11) is 1.90. The highest BCUT2D eigenvalue weighted by Gasteiger charge is 2.22. The smallest absolute Gasteiger partial charge is 0.387 e. The second-order valence-electron chi connectivity index (χ2n) is 7.76. The lowest BCUT2D eigenvalue weighted by molar-refractivity contribution is -0.0498.